The van der Waals surface area contributed by atoms with E-state index in [-0.39, 0.29) is 12.6 Å². The smallest absolute Gasteiger partial charge is 0.264 e. The van der Waals surface area contributed by atoms with Gasteiger partial charge in [0.25, 0.3) is 5.91 Å². The van der Waals surface area contributed by atoms with Gasteiger partial charge in [-0.15, -0.1) is 5.10 Å². The lowest BCUT2D eigenvalue weighted by Gasteiger charge is -2.09. The summed E-state index contributed by atoms with van der Waals surface area (Å²) in [5.41, 5.74) is 4.21. The number of anilines is 1. The molecule has 198 valence electrons. The molecule has 40 heavy (non-hydrogen) atoms. The maximum Gasteiger partial charge on any atom is 0.264 e. The molecule has 0 saturated heterocycles. The number of hydrogen-bond acceptors (Lipinski definition) is 9. The number of nitrogens with zero attached hydrogens (tertiary/aromatic N) is 7. The van der Waals surface area contributed by atoms with Crippen molar-refractivity contribution < 1.29 is 14.3 Å². The Bertz CT molecular complexity index is 1660. The van der Waals surface area contributed by atoms with Crippen molar-refractivity contribution in [2.45, 2.75) is 13.2 Å². The SMILES string of the molecule is COCc1cccc(Cn2cc(-c3cc(-c4cccc(C#N)c4)nc(NC(=O)COc4ccccc4)n3)nn2)n1. The molecule has 11 heteroatoms. The molecule has 1 N–H and O–H groups in total. The highest BCUT2D eigenvalue weighted by Gasteiger charge is 2.15. The topological polar surface area (TPSA) is 141 Å². The maximum atomic E-state index is 12.7. The first-order chi connectivity index (χ1) is 19.6. The molecular weight excluding hydrogens is 508 g/mol. The lowest BCUT2D eigenvalue weighted by atomic mass is 10.1. The van der Waals surface area contributed by atoms with Crippen LogP contribution in [0.4, 0.5) is 5.95 Å². The monoisotopic (exact) mass is 532 g/mol. The van der Waals surface area contributed by atoms with Crippen molar-refractivity contribution in [1.29, 1.82) is 5.26 Å². The lowest BCUT2D eigenvalue weighted by molar-refractivity contribution is -0.118. The van der Waals surface area contributed by atoms with Crippen molar-refractivity contribution in [1.82, 2.24) is 29.9 Å². The molecule has 0 unspecified atom stereocenters. The van der Waals surface area contributed by atoms with E-state index in [0.29, 0.717) is 47.1 Å². The van der Waals surface area contributed by atoms with Crippen LogP contribution >= 0.6 is 0 Å². The van der Waals surface area contributed by atoms with E-state index in [1.165, 1.54) is 0 Å². The van der Waals surface area contributed by atoms with Crippen molar-refractivity contribution in [3.63, 3.8) is 0 Å². The first-order valence-electron chi connectivity index (χ1n) is 12.3. The van der Waals surface area contributed by atoms with Crippen LogP contribution in [0.25, 0.3) is 22.6 Å². The summed E-state index contributed by atoms with van der Waals surface area (Å²) in [6.45, 7) is 0.591. The van der Waals surface area contributed by atoms with E-state index in [1.807, 2.05) is 42.5 Å². The summed E-state index contributed by atoms with van der Waals surface area (Å²) >= 11 is 0. The van der Waals surface area contributed by atoms with Crippen LogP contribution < -0.4 is 10.1 Å². The van der Waals surface area contributed by atoms with E-state index in [0.717, 1.165) is 11.4 Å². The Morgan fingerprint density at radius 3 is 2.55 bits per heavy atom. The number of benzene rings is 2. The fraction of sp³-hybridized carbons (Fsp3) is 0.138. The van der Waals surface area contributed by atoms with Crippen LogP contribution in [-0.2, 0) is 22.7 Å². The Balaban J connectivity index is 1.41. The quantitative estimate of drug-likeness (QED) is 0.284. The first kappa shape index (κ1) is 26.1. The molecule has 5 rings (SSSR count). The zero-order valence-corrected chi connectivity index (χ0v) is 21.6. The van der Waals surface area contributed by atoms with Crippen LogP contribution in [0.5, 0.6) is 5.75 Å². The van der Waals surface area contributed by atoms with Crippen LogP contribution in [0.2, 0.25) is 0 Å². The summed E-state index contributed by atoms with van der Waals surface area (Å²) in [6, 6.07) is 25.6. The molecule has 0 spiro atoms. The van der Waals surface area contributed by atoms with Crippen LogP contribution in [0.15, 0.2) is 85.1 Å². The number of amides is 1. The van der Waals surface area contributed by atoms with Gasteiger partial charge in [0.2, 0.25) is 5.95 Å². The summed E-state index contributed by atoms with van der Waals surface area (Å²) in [5, 5.41) is 20.6. The molecule has 2 aromatic carbocycles. The Morgan fingerprint density at radius 2 is 1.73 bits per heavy atom. The molecule has 0 atom stereocenters. The minimum Gasteiger partial charge on any atom is -0.484 e. The zero-order chi connectivity index (χ0) is 27.7. The highest BCUT2D eigenvalue weighted by Crippen LogP contribution is 2.25. The molecule has 3 heterocycles. The minimum atomic E-state index is -0.427. The molecule has 0 saturated carbocycles. The molecule has 0 aliphatic rings. The van der Waals surface area contributed by atoms with Gasteiger partial charge >= 0.3 is 0 Å². The van der Waals surface area contributed by atoms with Gasteiger partial charge in [0, 0.05) is 12.7 Å². The van der Waals surface area contributed by atoms with Gasteiger partial charge in [0.1, 0.15) is 11.4 Å². The third-order valence-electron chi connectivity index (χ3n) is 5.66. The number of methoxy groups -OCH3 is 1. The van der Waals surface area contributed by atoms with E-state index < -0.39 is 5.91 Å². The summed E-state index contributed by atoms with van der Waals surface area (Å²) in [5.74, 6) is 0.212. The van der Waals surface area contributed by atoms with Crippen LogP contribution in [-0.4, -0.2) is 49.6 Å². The van der Waals surface area contributed by atoms with E-state index in [9.17, 15) is 10.1 Å². The van der Waals surface area contributed by atoms with Gasteiger partial charge in [0.15, 0.2) is 6.61 Å². The number of nitriles is 1. The number of rotatable bonds is 10. The molecule has 0 radical (unpaired) electrons. The highest BCUT2D eigenvalue weighted by atomic mass is 16.5. The number of nitrogens with one attached hydrogen (secondary N) is 1. The third-order valence-corrected chi connectivity index (χ3v) is 5.66. The Morgan fingerprint density at radius 1 is 0.925 bits per heavy atom. The Kier molecular flexibility index (Phi) is 8.09. The van der Waals surface area contributed by atoms with E-state index in [1.54, 1.807) is 54.4 Å². The number of hydrogen-bond donors (Lipinski definition) is 1. The van der Waals surface area contributed by atoms with Crippen LogP contribution in [0.3, 0.4) is 0 Å². The summed E-state index contributed by atoms with van der Waals surface area (Å²) in [7, 11) is 1.62. The predicted molar refractivity (Wildman–Crippen MR) is 146 cm³/mol. The Hall–Kier alpha value is -5.47. The van der Waals surface area contributed by atoms with Gasteiger partial charge < -0.3 is 9.47 Å². The molecule has 0 bridgehead atoms. The van der Waals surface area contributed by atoms with Gasteiger partial charge in [-0.05, 0) is 42.5 Å². The van der Waals surface area contributed by atoms with Crippen molar-refractivity contribution in [2.75, 3.05) is 19.0 Å². The van der Waals surface area contributed by atoms with E-state index in [4.69, 9.17) is 9.47 Å². The molecule has 0 aliphatic heterocycles. The average Bonchev–Trinajstić information content (AvgIpc) is 3.45. The van der Waals surface area contributed by atoms with Crippen LogP contribution in [0.1, 0.15) is 17.0 Å². The molecular formula is C29H24N8O3. The second kappa shape index (κ2) is 12.4. The number of carbonyl (C=O) groups excluding carboxylic acids is 1. The minimum absolute atomic E-state index is 0.0694. The average molecular weight is 533 g/mol. The molecule has 11 nitrogen and oxygen atoms in total. The maximum absolute atomic E-state index is 12.7. The van der Waals surface area contributed by atoms with Crippen molar-refractivity contribution in [3.05, 3.63) is 102 Å². The lowest BCUT2D eigenvalue weighted by Crippen LogP contribution is -2.21. The highest BCUT2D eigenvalue weighted by molar-refractivity contribution is 5.90. The van der Waals surface area contributed by atoms with Gasteiger partial charge in [0.05, 0.1) is 53.8 Å². The number of aromatic nitrogens is 6. The van der Waals surface area contributed by atoms with Gasteiger partial charge in [-0.2, -0.15) is 5.26 Å². The normalized spacial score (nSPS) is 10.6. The van der Waals surface area contributed by atoms with Crippen molar-refractivity contribution in [3.8, 4) is 34.5 Å². The summed E-state index contributed by atoms with van der Waals surface area (Å²) in [6.07, 6.45) is 1.74. The number of pyridine rings is 1. The Labute approximate surface area is 230 Å². The zero-order valence-electron chi connectivity index (χ0n) is 21.6. The summed E-state index contributed by atoms with van der Waals surface area (Å²) in [4.78, 5) is 26.3. The van der Waals surface area contributed by atoms with E-state index >= 15 is 0 Å². The number of para-hydroxylation sites is 1. The molecule has 5 aromatic rings. The van der Waals surface area contributed by atoms with Gasteiger partial charge in [-0.1, -0.05) is 41.6 Å². The molecule has 1 amide bonds. The molecule has 3 aromatic heterocycles. The summed E-state index contributed by atoms with van der Waals surface area (Å²) < 4.78 is 12.4. The second-order valence-electron chi connectivity index (χ2n) is 8.66. The fourth-order valence-corrected chi connectivity index (χ4v) is 3.86. The van der Waals surface area contributed by atoms with Gasteiger partial charge in [-0.25, -0.2) is 14.6 Å². The standard InChI is InChI=1S/C29H24N8O3/c1-39-18-23-10-6-9-22(31-23)16-37-17-27(35-36-37)26-14-25(21-8-5-7-20(13-21)15-30)32-29(33-26)34-28(38)19-40-24-11-3-2-4-12-24/h2-14,17H,16,18-19H2,1H3,(H,32,33,34,38). The first-order valence-corrected chi connectivity index (χ1v) is 12.3. The molecule has 0 aliphatic carbocycles. The predicted octanol–water partition coefficient (Wildman–Crippen LogP) is 3.88. The largest absolute Gasteiger partial charge is 0.484 e. The second-order valence-corrected chi connectivity index (χ2v) is 8.66. The van der Waals surface area contributed by atoms with Crippen molar-refractivity contribution in [2.24, 2.45) is 0 Å². The molecule has 0 fully saturated rings. The van der Waals surface area contributed by atoms with Crippen molar-refractivity contribution >= 4 is 11.9 Å². The van der Waals surface area contributed by atoms with Crippen LogP contribution in [0, 0.1) is 11.3 Å². The number of carbonyl (C=O) groups is 1. The van der Waals surface area contributed by atoms with E-state index in [2.05, 4.69) is 36.7 Å². The van der Waals surface area contributed by atoms with Gasteiger partial charge in [-0.3, -0.25) is 15.1 Å². The number of ether oxygens (including phenoxy) is 2. The fourth-order valence-electron chi connectivity index (χ4n) is 3.86. The third kappa shape index (κ3) is 6.69.